The van der Waals surface area contributed by atoms with E-state index in [1.165, 1.54) is 0 Å². The van der Waals surface area contributed by atoms with E-state index in [0.29, 0.717) is 0 Å². The third-order valence-corrected chi connectivity index (χ3v) is 4.70. The number of aliphatic hydroxyl groups excluding tert-OH is 1. The van der Waals surface area contributed by atoms with E-state index in [1.54, 1.807) is 11.3 Å². The molecule has 1 N–H and O–H groups in total. The molecule has 0 radical (unpaired) electrons. The van der Waals surface area contributed by atoms with Crippen LogP contribution in [-0.2, 0) is 0 Å². The van der Waals surface area contributed by atoms with Gasteiger partial charge in [0.1, 0.15) is 0 Å². The summed E-state index contributed by atoms with van der Waals surface area (Å²) < 4.78 is 1.12. The molecule has 0 saturated carbocycles. The van der Waals surface area contributed by atoms with Crippen LogP contribution in [0, 0.1) is 2.88 Å². The number of halogens is 1. The van der Waals surface area contributed by atoms with Crippen LogP contribution in [0.15, 0.2) is 11.4 Å². The molecule has 1 unspecified atom stereocenters. The molecule has 5 heteroatoms. The van der Waals surface area contributed by atoms with Crippen LogP contribution in [0.1, 0.15) is 29.6 Å². The number of thiophene rings is 1. The number of aliphatic hydroxyl groups is 1. The minimum absolute atomic E-state index is 0.0128. The van der Waals surface area contributed by atoms with Gasteiger partial charge in [0, 0.05) is 11.9 Å². The van der Waals surface area contributed by atoms with Crippen LogP contribution in [0.2, 0.25) is 0 Å². The molecule has 1 amide bonds. The zero-order chi connectivity index (χ0) is 11.5. The van der Waals surface area contributed by atoms with Crippen LogP contribution in [0.3, 0.4) is 0 Å². The molecule has 0 aliphatic carbocycles. The Morgan fingerprint density at radius 2 is 2.44 bits per heavy atom. The predicted octanol–water partition coefficient (Wildman–Crippen LogP) is 2.34. The largest absolute Gasteiger partial charge is 0.394 e. The van der Waals surface area contributed by atoms with Crippen molar-refractivity contribution in [3.63, 3.8) is 0 Å². The Hall–Kier alpha value is -0.140. The van der Waals surface area contributed by atoms with Gasteiger partial charge in [-0.2, -0.15) is 0 Å². The minimum Gasteiger partial charge on any atom is -0.394 e. The van der Waals surface area contributed by atoms with Crippen LogP contribution >= 0.6 is 33.9 Å². The molecule has 16 heavy (non-hydrogen) atoms. The van der Waals surface area contributed by atoms with E-state index in [0.717, 1.165) is 34.3 Å². The summed E-state index contributed by atoms with van der Waals surface area (Å²) in [7, 11) is 0. The van der Waals surface area contributed by atoms with Gasteiger partial charge < -0.3 is 10.0 Å². The molecule has 1 fully saturated rings. The van der Waals surface area contributed by atoms with Crippen LogP contribution in [-0.4, -0.2) is 35.1 Å². The first-order valence-corrected chi connectivity index (χ1v) is 7.34. The van der Waals surface area contributed by atoms with Gasteiger partial charge in [-0.15, -0.1) is 11.3 Å². The molecule has 1 aromatic rings. The van der Waals surface area contributed by atoms with Gasteiger partial charge in [-0.25, -0.2) is 0 Å². The number of hydrogen-bond acceptors (Lipinski definition) is 3. The van der Waals surface area contributed by atoms with E-state index < -0.39 is 0 Å². The lowest BCUT2D eigenvalue weighted by Gasteiger charge is -2.34. The number of likely N-dealkylation sites (tertiary alicyclic amines) is 1. The normalized spacial score (nSPS) is 21.1. The Morgan fingerprint density at radius 1 is 1.62 bits per heavy atom. The Labute approximate surface area is 113 Å². The molecule has 0 aromatic carbocycles. The van der Waals surface area contributed by atoms with Crippen molar-refractivity contribution in [2.45, 2.75) is 25.3 Å². The summed E-state index contributed by atoms with van der Waals surface area (Å²) >= 11 is 3.80. The molecule has 3 nitrogen and oxygen atoms in total. The topological polar surface area (TPSA) is 40.5 Å². The van der Waals surface area contributed by atoms with Gasteiger partial charge in [0.15, 0.2) is 0 Å². The molecule has 1 saturated heterocycles. The fraction of sp³-hybridized carbons (Fsp3) is 0.545. The van der Waals surface area contributed by atoms with Crippen molar-refractivity contribution in [3.05, 3.63) is 19.9 Å². The summed E-state index contributed by atoms with van der Waals surface area (Å²) in [5.74, 6) is 0.0675. The maximum absolute atomic E-state index is 12.2. The second-order valence-corrected chi connectivity index (χ2v) is 6.78. The number of hydrogen-bond donors (Lipinski definition) is 1. The summed E-state index contributed by atoms with van der Waals surface area (Å²) in [6.07, 6.45) is 3.07. The van der Waals surface area contributed by atoms with Gasteiger partial charge in [0.2, 0.25) is 0 Å². The monoisotopic (exact) mass is 351 g/mol. The van der Waals surface area contributed by atoms with Crippen molar-refractivity contribution in [2.24, 2.45) is 0 Å². The van der Waals surface area contributed by atoms with E-state index in [2.05, 4.69) is 22.6 Å². The van der Waals surface area contributed by atoms with Crippen molar-refractivity contribution >= 4 is 39.8 Å². The van der Waals surface area contributed by atoms with E-state index in [-0.39, 0.29) is 18.6 Å². The maximum atomic E-state index is 12.2. The first-order chi connectivity index (χ1) is 7.72. The highest BCUT2D eigenvalue weighted by molar-refractivity contribution is 14.1. The SMILES string of the molecule is O=C(c1csc(I)c1)N1CCCCC1CO. The fourth-order valence-corrected chi connectivity index (χ4v) is 3.37. The zero-order valence-electron chi connectivity index (χ0n) is 8.86. The van der Waals surface area contributed by atoms with Crippen molar-refractivity contribution in [3.8, 4) is 0 Å². The lowest BCUT2D eigenvalue weighted by Crippen LogP contribution is -2.45. The van der Waals surface area contributed by atoms with Crippen molar-refractivity contribution in [1.82, 2.24) is 4.90 Å². The fourth-order valence-electron chi connectivity index (χ4n) is 2.05. The molecule has 2 rings (SSSR count). The Bertz CT molecular complexity index is 380. The van der Waals surface area contributed by atoms with Crippen LogP contribution in [0.4, 0.5) is 0 Å². The summed E-state index contributed by atoms with van der Waals surface area (Å²) in [6.45, 7) is 0.851. The van der Waals surface area contributed by atoms with Crippen LogP contribution in [0.25, 0.3) is 0 Å². The van der Waals surface area contributed by atoms with Crippen molar-refractivity contribution < 1.29 is 9.90 Å². The molecule has 0 bridgehead atoms. The second kappa shape index (κ2) is 5.46. The summed E-state index contributed by atoms with van der Waals surface area (Å²) in [6, 6.07) is 1.93. The molecule has 1 aromatic heterocycles. The molecule has 1 aliphatic heterocycles. The smallest absolute Gasteiger partial charge is 0.255 e. The van der Waals surface area contributed by atoms with Crippen LogP contribution < -0.4 is 0 Å². The number of carbonyl (C=O) groups is 1. The highest BCUT2D eigenvalue weighted by Crippen LogP contribution is 2.22. The van der Waals surface area contributed by atoms with E-state index in [1.807, 2.05) is 16.3 Å². The maximum Gasteiger partial charge on any atom is 0.255 e. The lowest BCUT2D eigenvalue weighted by molar-refractivity contribution is 0.0503. The predicted molar refractivity (Wildman–Crippen MR) is 72.8 cm³/mol. The molecule has 1 atom stereocenters. The number of piperidine rings is 1. The standard InChI is InChI=1S/C11H14INO2S/c12-10-5-8(7-16-10)11(15)13-4-2-1-3-9(13)6-14/h5,7,9,14H,1-4,6H2. The number of amides is 1. The van der Waals surface area contributed by atoms with Gasteiger partial charge in [-0.05, 0) is 47.9 Å². The third kappa shape index (κ3) is 2.57. The van der Waals surface area contributed by atoms with E-state index in [4.69, 9.17) is 0 Å². The average molecular weight is 351 g/mol. The van der Waals surface area contributed by atoms with Crippen molar-refractivity contribution in [2.75, 3.05) is 13.2 Å². The summed E-state index contributed by atoms with van der Waals surface area (Å²) in [4.78, 5) is 14.0. The van der Waals surface area contributed by atoms with Gasteiger partial charge in [-0.1, -0.05) is 0 Å². The quantitative estimate of drug-likeness (QED) is 0.831. The van der Waals surface area contributed by atoms with Gasteiger partial charge in [0.25, 0.3) is 5.91 Å². The lowest BCUT2D eigenvalue weighted by atomic mass is 10.0. The second-order valence-electron chi connectivity index (χ2n) is 3.97. The average Bonchev–Trinajstić information content (AvgIpc) is 2.75. The molecular formula is C11H14INO2S. The Balaban J connectivity index is 2.13. The van der Waals surface area contributed by atoms with E-state index in [9.17, 15) is 9.90 Å². The molecule has 88 valence electrons. The van der Waals surface area contributed by atoms with Gasteiger partial charge >= 0.3 is 0 Å². The van der Waals surface area contributed by atoms with Crippen LogP contribution in [0.5, 0.6) is 0 Å². The zero-order valence-corrected chi connectivity index (χ0v) is 11.8. The molecule has 2 heterocycles. The van der Waals surface area contributed by atoms with Gasteiger partial charge in [-0.3, -0.25) is 4.79 Å². The molecule has 0 spiro atoms. The highest BCUT2D eigenvalue weighted by Gasteiger charge is 2.27. The Morgan fingerprint density at radius 3 is 3.06 bits per heavy atom. The van der Waals surface area contributed by atoms with E-state index >= 15 is 0 Å². The van der Waals surface area contributed by atoms with Crippen molar-refractivity contribution in [1.29, 1.82) is 0 Å². The Kier molecular flexibility index (Phi) is 4.21. The molecular weight excluding hydrogens is 337 g/mol. The summed E-state index contributed by atoms with van der Waals surface area (Å²) in [5.41, 5.74) is 0.759. The molecule has 1 aliphatic rings. The summed E-state index contributed by atoms with van der Waals surface area (Å²) in [5, 5.41) is 11.2. The minimum atomic E-state index is 0.0128. The number of rotatable bonds is 2. The third-order valence-electron chi connectivity index (χ3n) is 2.91. The number of carbonyl (C=O) groups excluding carboxylic acids is 1. The van der Waals surface area contributed by atoms with Gasteiger partial charge in [0.05, 0.1) is 21.1 Å². The number of nitrogens with zero attached hydrogens (tertiary/aromatic N) is 1. The first-order valence-electron chi connectivity index (χ1n) is 5.38. The first kappa shape index (κ1) is 12.3. The highest BCUT2D eigenvalue weighted by atomic mass is 127.